The lowest BCUT2D eigenvalue weighted by Gasteiger charge is -2.12. The van der Waals surface area contributed by atoms with Crippen LogP contribution in [0.3, 0.4) is 0 Å². The lowest BCUT2D eigenvalue weighted by atomic mass is 10.2. The van der Waals surface area contributed by atoms with Crippen molar-refractivity contribution in [1.29, 1.82) is 0 Å². The molecule has 0 atom stereocenters. The summed E-state index contributed by atoms with van der Waals surface area (Å²) in [5.74, 6) is 0.722. The number of ether oxygens (including phenoxy) is 1. The summed E-state index contributed by atoms with van der Waals surface area (Å²) in [6, 6.07) is 4.62. The van der Waals surface area contributed by atoms with Crippen molar-refractivity contribution in [2.45, 2.75) is 38.6 Å². The minimum Gasteiger partial charge on any atom is -0.405 e. The smallest absolute Gasteiger partial charge is 0.405 e. The second-order valence-corrected chi connectivity index (χ2v) is 5.93. The van der Waals surface area contributed by atoms with Crippen LogP contribution in [0, 0.1) is 5.92 Å². The fraction of sp³-hybridized carbons (Fsp3) is 0.571. The number of rotatable bonds is 7. The molecule has 0 amide bonds. The second-order valence-electron chi connectivity index (χ2n) is 5.07. The summed E-state index contributed by atoms with van der Waals surface area (Å²) in [4.78, 5) is 0. The van der Waals surface area contributed by atoms with E-state index in [2.05, 4.69) is 26.0 Å². The molecule has 1 aliphatic rings. The van der Waals surface area contributed by atoms with E-state index in [0.29, 0.717) is 11.0 Å². The van der Waals surface area contributed by atoms with Crippen LogP contribution in [-0.2, 0) is 6.54 Å². The molecule has 0 saturated heterocycles. The van der Waals surface area contributed by atoms with Crippen LogP contribution in [0.5, 0.6) is 5.75 Å². The summed E-state index contributed by atoms with van der Waals surface area (Å²) in [7, 11) is 0. The summed E-state index contributed by atoms with van der Waals surface area (Å²) >= 11 is 3.10. The van der Waals surface area contributed by atoms with Crippen LogP contribution >= 0.6 is 15.9 Å². The number of nitrogens with one attached hydrogen (secondary N) is 1. The Kier molecular flexibility index (Phi) is 5.32. The summed E-state index contributed by atoms with van der Waals surface area (Å²) in [6.45, 7) is 1.59. The molecule has 0 heterocycles. The van der Waals surface area contributed by atoms with Gasteiger partial charge in [-0.05, 0) is 58.9 Å². The zero-order valence-electron chi connectivity index (χ0n) is 11.0. The topological polar surface area (TPSA) is 21.3 Å². The molecule has 2 rings (SSSR count). The van der Waals surface area contributed by atoms with E-state index in [1.807, 2.05) is 0 Å². The van der Waals surface area contributed by atoms with Crippen LogP contribution in [-0.4, -0.2) is 12.9 Å². The van der Waals surface area contributed by atoms with Crippen LogP contribution in [0.25, 0.3) is 0 Å². The van der Waals surface area contributed by atoms with Crippen LogP contribution < -0.4 is 10.1 Å². The predicted molar refractivity (Wildman–Crippen MR) is 74.5 cm³/mol. The van der Waals surface area contributed by atoms with Gasteiger partial charge in [-0.15, -0.1) is 13.2 Å². The first-order valence-electron chi connectivity index (χ1n) is 6.69. The van der Waals surface area contributed by atoms with E-state index in [9.17, 15) is 13.2 Å². The van der Waals surface area contributed by atoms with E-state index in [0.717, 1.165) is 24.4 Å². The minimum absolute atomic E-state index is 0.213. The molecule has 1 fully saturated rings. The van der Waals surface area contributed by atoms with E-state index in [4.69, 9.17) is 0 Å². The SMILES string of the molecule is FC(F)(F)Oc1ccc(CNCCCC2CC2)cc1Br. The molecule has 1 aliphatic carbocycles. The third kappa shape index (κ3) is 5.71. The van der Waals surface area contributed by atoms with Gasteiger partial charge < -0.3 is 10.1 Å². The lowest BCUT2D eigenvalue weighted by Crippen LogP contribution is -2.18. The van der Waals surface area contributed by atoms with Crippen LogP contribution in [0.2, 0.25) is 0 Å². The predicted octanol–water partition coefficient (Wildman–Crippen LogP) is 4.63. The van der Waals surface area contributed by atoms with Crippen LogP contribution in [0.4, 0.5) is 13.2 Å². The Bertz CT molecular complexity index is 447. The molecule has 1 aromatic rings. The molecule has 0 bridgehead atoms. The fourth-order valence-corrected chi connectivity index (χ4v) is 2.52. The van der Waals surface area contributed by atoms with Crippen molar-refractivity contribution >= 4 is 15.9 Å². The number of halogens is 4. The normalized spacial score (nSPS) is 15.4. The molecule has 1 saturated carbocycles. The van der Waals surface area contributed by atoms with E-state index in [1.165, 1.54) is 25.3 Å². The molecule has 6 heteroatoms. The third-order valence-electron chi connectivity index (χ3n) is 3.21. The summed E-state index contributed by atoms with van der Waals surface area (Å²) in [5.41, 5.74) is 0.929. The highest BCUT2D eigenvalue weighted by atomic mass is 79.9. The molecule has 0 radical (unpaired) electrons. The van der Waals surface area contributed by atoms with Crippen molar-refractivity contribution in [2.24, 2.45) is 5.92 Å². The molecule has 20 heavy (non-hydrogen) atoms. The van der Waals surface area contributed by atoms with Crippen molar-refractivity contribution in [3.8, 4) is 5.75 Å². The van der Waals surface area contributed by atoms with Gasteiger partial charge in [0.1, 0.15) is 5.75 Å². The van der Waals surface area contributed by atoms with Gasteiger partial charge in [-0.25, -0.2) is 0 Å². The Morgan fingerprint density at radius 2 is 2.05 bits per heavy atom. The van der Waals surface area contributed by atoms with Crippen molar-refractivity contribution in [3.05, 3.63) is 28.2 Å². The Labute approximate surface area is 124 Å². The Balaban J connectivity index is 1.75. The van der Waals surface area contributed by atoms with Crippen LogP contribution in [0.1, 0.15) is 31.2 Å². The largest absolute Gasteiger partial charge is 0.573 e. The molecule has 0 aromatic heterocycles. The first kappa shape index (κ1) is 15.6. The number of alkyl halides is 3. The Morgan fingerprint density at radius 3 is 2.65 bits per heavy atom. The first-order valence-corrected chi connectivity index (χ1v) is 7.48. The molecule has 2 nitrogen and oxygen atoms in total. The maximum Gasteiger partial charge on any atom is 0.573 e. The van der Waals surface area contributed by atoms with Crippen molar-refractivity contribution < 1.29 is 17.9 Å². The average Bonchev–Trinajstić information content (AvgIpc) is 3.14. The van der Waals surface area contributed by atoms with Gasteiger partial charge in [0.2, 0.25) is 0 Å². The van der Waals surface area contributed by atoms with Crippen LogP contribution in [0.15, 0.2) is 22.7 Å². The van der Waals surface area contributed by atoms with E-state index in [1.54, 1.807) is 12.1 Å². The summed E-state index contributed by atoms with van der Waals surface area (Å²) in [6.07, 6.45) is 0.502. The van der Waals surface area contributed by atoms with Crippen molar-refractivity contribution in [3.63, 3.8) is 0 Å². The lowest BCUT2D eigenvalue weighted by molar-refractivity contribution is -0.274. The van der Waals surface area contributed by atoms with Gasteiger partial charge in [-0.2, -0.15) is 0 Å². The molecule has 1 N–H and O–H groups in total. The highest BCUT2D eigenvalue weighted by molar-refractivity contribution is 9.10. The molecule has 0 unspecified atom stereocenters. The minimum atomic E-state index is -4.66. The number of hydrogen-bond acceptors (Lipinski definition) is 2. The standard InChI is InChI=1S/C14H17BrF3NO/c15-12-8-11(5-6-13(12)20-14(16,17)18)9-19-7-1-2-10-3-4-10/h5-6,8,10,19H,1-4,7,9H2. The summed E-state index contributed by atoms with van der Waals surface area (Å²) < 4.78 is 40.6. The Morgan fingerprint density at radius 1 is 1.30 bits per heavy atom. The van der Waals surface area contributed by atoms with E-state index in [-0.39, 0.29) is 5.75 Å². The Hall–Kier alpha value is -0.750. The van der Waals surface area contributed by atoms with Gasteiger partial charge in [0, 0.05) is 6.54 Å². The monoisotopic (exact) mass is 351 g/mol. The third-order valence-corrected chi connectivity index (χ3v) is 3.83. The molecule has 112 valence electrons. The zero-order valence-corrected chi connectivity index (χ0v) is 12.6. The van der Waals surface area contributed by atoms with Gasteiger partial charge in [-0.1, -0.05) is 18.9 Å². The van der Waals surface area contributed by atoms with E-state index >= 15 is 0 Å². The maximum atomic E-state index is 12.1. The van der Waals surface area contributed by atoms with Crippen molar-refractivity contribution in [1.82, 2.24) is 5.32 Å². The highest BCUT2D eigenvalue weighted by Crippen LogP contribution is 2.33. The molecule has 0 spiro atoms. The second kappa shape index (κ2) is 6.80. The average molecular weight is 352 g/mol. The quantitative estimate of drug-likeness (QED) is 0.723. The first-order chi connectivity index (χ1) is 9.44. The van der Waals surface area contributed by atoms with Gasteiger partial charge >= 0.3 is 6.36 Å². The fourth-order valence-electron chi connectivity index (χ4n) is 2.02. The number of benzene rings is 1. The van der Waals surface area contributed by atoms with Gasteiger partial charge in [0.15, 0.2) is 0 Å². The van der Waals surface area contributed by atoms with Gasteiger partial charge in [0.25, 0.3) is 0 Å². The molecular weight excluding hydrogens is 335 g/mol. The molecular formula is C14H17BrF3NO. The van der Waals surface area contributed by atoms with E-state index < -0.39 is 6.36 Å². The molecule has 0 aliphatic heterocycles. The van der Waals surface area contributed by atoms with Gasteiger partial charge in [0.05, 0.1) is 4.47 Å². The number of hydrogen-bond donors (Lipinski definition) is 1. The summed E-state index contributed by atoms with van der Waals surface area (Å²) in [5, 5.41) is 3.30. The maximum absolute atomic E-state index is 12.1. The highest BCUT2D eigenvalue weighted by Gasteiger charge is 2.31. The molecule has 1 aromatic carbocycles. The zero-order chi connectivity index (χ0) is 14.6. The van der Waals surface area contributed by atoms with Crippen molar-refractivity contribution in [2.75, 3.05) is 6.54 Å². The van der Waals surface area contributed by atoms with Gasteiger partial charge in [-0.3, -0.25) is 0 Å².